The smallest absolute Gasteiger partial charge is 0.317 e. The van der Waals surface area contributed by atoms with Crippen molar-refractivity contribution in [2.24, 2.45) is 0 Å². The largest absolute Gasteiger partial charge is 0.495 e. The minimum absolute atomic E-state index is 0.132. The molecule has 0 heterocycles. The molecule has 5 heteroatoms. The van der Waals surface area contributed by atoms with Crippen LogP contribution in [0.2, 0.25) is 0 Å². The number of nitriles is 1. The van der Waals surface area contributed by atoms with Gasteiger partial charge in [-0.1, -0.05) is 12.0 Å². The van der Waals surface area contributed by atoms with E-state index in [0.717, 1.165) is 5.56 Å². The molecule has 19 heavy (non-hydrogen) atoms. The van der Waals surface area contributed by atoms with Crippen LogP contribution in [0.1, 0.15) is 11.1 Å². The van der Waals surface area contributed by atoms with Gasteiger partial charge in [0, 0.05) is 6.54 Å². The highest BCUT2D eigenvalue weighted by atomic mass is 16.5. The number of carboxylic acids is 1. The van der Waals surface area contributed by atoms with E-state index >= 15 is 0 Å². The zero-order chi connectivity index (χ0) is 14.3. The molecule has 0 saturated carbocycles. The fourth-order valence-corrected chi connectivity index (χ4v) is 1.67. The van der Waals surface area contributed by atoms with Gasteiger partial charge in [-0.15, -0.1) is 6.42 Å². The Labute approximate surface area is 112 Å². The molecule has 0 radical (unpaired) electrons. The molecule has 98 valence electrons. The van der Waals surface area contributed by atoms with Gasteiger partial charge in [0.1, 0.15) is 11.8 Å². The van der Waals surface area contributed by atoms with Crippen LogP contribution in [-0.4, -0.2) is 36.2 Å². The molecule has 0 spiro atoms. The van der Waals surface area contributed by atoms with Crippen molar-refractivity contribution in [3.8, 4) is 24.2 Å². The molecule has 0 aliphatic rings. The highest BCUT2D eigenvalue weighted by molar-refractivity contribution is 5.69. The molecular weight excluding hydrogens is 244 g/mol. The van der Waals surface area contributed by atoms with Crippen LogP contribution >= 0.6 is 0 Å². The number of hydrogen-bond donors (Lipinski definition) is 1. The average Bonchev–Trinajstić information content (AvgIpc) is 2.38. The first kappa shape index (κ1) is 14.6. The fraction of sp³-hybridized carbons (Fsp3) is 0.286. The Kier molecular flexibility index (Phi) is 5.40. The number of benzene rings is 1. The van der Waals surface area contributed by atoms with Gasteiger partial charge in [-0.3, -0.25) is 9.69 Å². The number of carboxylic acid groups (broad SMARTS) is 1. The maximum Gasteiger partial charge on any atom is 0.317 e. The van der Waals surface area contributed by atoms with Crippen molar-refractivity contribution < 1.29 is 14.6 Å². The number of nitrogens with zero attached hydrogens (tertiary/aromatic N) is 2. The zero-order valence-corrected chi connectivity index (χ0v) is 10.6. The lowest BCUT2D eigenvalue weighted by molar-refractivity contribution is -0.138. The Bertz CT molecular complexity index is 541. The molecule has 0 saturated heterocycles. The lowest BCUT2D eigenvalue weighted by Crippen LogP contribution is -2.29. The topological polar surface area (TPSA) is 73.6 Å². The Balaban J connectivity index is 2.88. The minimum atomic E-state index is -0.934. The van der Waals surface area contributed by atoms with Crippen molar-refractivity contribution in [3.05, 3.63) is 29.3 Å². The molecule has 0 amide bonds. The fourth-order valence-electron chi connectivity index (χ4n) is 1.67. The Morgan fingerprint density at radius 1 is 1.58 bits per heavy atom. The summed E-state index contributed by atoms with van der Waals surface area (Å²) >= 11 is 0. The van der Waals surface area contributed by atoms with Crippen LogP contribution < -0.4 is 4.74 Å². The van der Waals surface area contributed by atoms with E-state index in [-0.39, 0.29) is 13.1 Å². The van der Waals surface area contributed by atoms with E-state index in [9.17, 15) is 4.79 Å². The molecule has 0 aliphatic heterocycles. The van der Waals surface area contributed by atoms with Gasteiger partial charge in [0.2, 0.25) is 0 Å². The SMILES string of the molecule is C#CCN(CC(=O)O)Cc1ccc(C#N)c(OC)c1. The van der Waals surface area contributed by atoms with Crippen LogP contribution in [0.5, 0.6) is 5.75 Å². The first-order valence-electron chi connectivity index (χ1n) is 5.55. The Hall–Kier alpha value is -2.50. The third kappa shape index (κ3) is 4.34. The van der Waals surface area contributed by atoms with Crippen LogP contribution in [-0.2, 0) is 11.3 Å². The molecule has 0 fully saturated rings. The molecule has 1 aromatic rings. The second kappa shape index (κ2) is 7.05. The van der Waals surface area contributed by atoms with E-state index in [4.69, 9.17) is 21.5 Å². The summed E-state index contributed by atoms with van der Waals surface area (Å²) in [6.45, 7) is 0.500. The molecule has 0 bridgehead atoms. The number of methoxy groups -OCH3 is 1. The van der Waals surface area contributed by atoms with E-state index in [1.54, 1.807) is 23.1 Å². The maximum absolute atomic E-state index is 10.7. The van der Waals surface area contributed by atoms with Gasteiger partial charge in [-0.05, 0) is 17.7 Å². The average molecular weight is 258 g/mol. The second-order valence-corrected chi connectivity index (χ2v) is 3.89. The molecule has 0 aromatic heterocycles. The first-order chi connectivity index (χ1) is 9.10. The van der Waals surface area contributed by atoms with Gasteiger partial charge in [0.25, 0.3) is 0 Å². The summed E-state index contributed by atoms with van der Waals surface area (Å²) in [5.41, 5.74) is 1.28. The van der Waals surface area contributed by atoms with Crippen molar-refractivity contribution in [1.29, 1.82) is 5.26 Å². The van der Waals surface area contributed by atoms with Gasteiger partial charge in [-0.2, -0.15) is 5.26 Å². The van der Waals surface area contributed by atoms with Crippen LogP contribution in [0.3, 0.4) is 0 Å². The highest BCUT2D eigenvalue weighted by Gasteiger charge is 2.11. The predicted molar refractivity (Wildman–Crippen MR) is 69.5 cm³/mol. The van der Waals surface area contributed by atoms with Crippen molar-refractivity contribution >= 4 is 5.97 Å². The first-order valence-corrected chi connectivity index (χ1v) is 5.55. The number of carbonyl (C=O) groups is 1. The van der Waals surface area contributed by atoms with Crippen LogP contribution in [0.15, 0.2) is 18.2 Å². The third-order valence-corrected chi connectivity index (χ3v) is 2.47. The van der Waals surface area contributed by atoms with Gasteiger partial charge in [-0.25, -0.2) is 0 Å². The van der Waals surface area contributed by atoms with Crippen LogP contribution in [0.25, 0.3) is 0 Å². The summed E-state index contributed by atoms with van der Waals surface area (Å²) in [4.78, 5) is 12.3. The lowest BCUT2D eigenvalue weighted by Gasteiger charge is -2.17. The lowest BCUT2D eigenvalue weighted by atomic mass is 10.1. The van der Waals surface area contributed by atoms with Crippen LogP contribution in [0.4, 0.5) is 0 Å². The maximum atomic E-state index is 10.7. The summed E-state index contributed by atoms with van der Waals surface area (Å²) in [5, 5.41) is 17.7. The van der Waals surface area contributed by atoms with Gasteiger partial charge >= 0.3 is 5.97 Å². The molecule has 1 rings (SSSR count). The molecule has 1 aromatic carbocycles. The number of rotatable bonds is 6. The molecule has 1 N–H and O–H groups in total. The van der Waals surface area contributed by atoms with Gasteiger partial charge in [0.15, 0.2) is 0 Å². The minimum Gasteiger partial charge on any atom is -0.495 e. The van der Waals surface area contributed by atoms with Gasteiger partial charge in [0.05, 0.1) is 25.8 Å². The summed E-state index contributed by atoms with van der Waals surface area (Å²) in [5.74, 6) is 1.96. The van der Waals surface area contributed by atoms with Crippen molar-refractivity contribution in [3.63, 3.8) is 0 Å². The molecular formula is C14H14N2O3. The summed E-state index contributed by atoms with van der Waals surface area (Å²) in [6.07, 6.45) is 5.21. The third-order valence-electron chi connectivity index (χ3n) is 2.47. The monoisotopic (exact) mass is 258 g/mol. The summed E-state index contributed by atoms with van der Waals surface area (Å²) < 4.78 is 5.10. The Morgan fingerprint density at radius 3 is 2.84 bits per heavy atom. The summed E-state index contributed by atoms with van der Waals surface area (Å²) in [6, 6.07) is 7.13. The molecule has 0 aliphatic carbocycles. The Morgan fingerprint density at radius 2 is 2.32 bits per heavy atom. The van der Waals surface area contributed by atoms with Crippen molar-refractivity contribution in [1.82, 2.24) is 4.90 Å². The predicted octanol–water partition coefficient (Wildman–Crippen LogP) is 1.09. The van der Waals surface area contributed by atoms with Crippen molar-refractivity contribution in [2.45, 2.75) is 6.54 Å². The standard InChI is InChI=1S/C14H14N2O3/c1-3-6-16(10-14(17)18)9-11-4-5-12(8-15)13(7-11)19-2/h1,4-5,7H,6,9-10H2,2H3,(H,17,18). The van der Waals surface area contributed by atoms with E-state index in [2.05, 4.69) is 5.92 Å². The quantitative estimate of drug-likeness (QED) is 0.773. The molecule has 0 unspecified atom stereocenters. The number of aliphatic carboxylic acids is 1. The van der Waals surface area contributed by atoms with E-state index < -0.39 is 5.97 Å². The zero-order valence-electron chi connectivity index (χ0n) is 10.6. The molecule has 0 atom stereocenters. The number of hydrogen-bond acceptors (Lipinski definition) is 4. The van der Waals surface area contributed by atoms with Crippen molar-refractivity contribution in [2.75, 3.05) is 20.2 Å². The highest BCUT2D eigenvalue weighted by Crippen LogP contribution is 2.20. The number of terminal acetylenes is 1. The van der Waals surface area contributed by atoms with E-state index in [0.29, 0.717) is 17.9 Å². The summed E-state index contributed by atoms with van der Waals surface area (Å²) in [7, 11) is 1.48. The number of ether oxygens (including phenoxy) is 1. The second-order valence-electron chi connectivity index (χ2n) is 3.89. The van der Waals surface area contributed by atoms with Gasteiger partial charge < -0.3 is 9.84 Å². The normalized spacial score (nSPS) is 9.68. The van der Waals surface area contributed by atoms with E-state index in [1.165, 1.54) is 7.11 Å². The van der Waals surface area contributed by atoms with Crippen LogP contribution in [0, 0.1) is 23.7 Å². The van der Waals surface area contributed by atoms with E-state index in [1.807, 2.05) is 6.07 Å². The molecule has 5 nitrogen and oxygen atoms in total.